The first-order valence-electron chi connectivity index (χ1n) is 12.3. The van der Waals surface area contributed by atoms with Gasteiger partial charge in [-0.25, -0.2) is 10.2 Å². The van der Waals surface area contributed by atoms with Gasteiger partial charge in [-0.3, -0.25) is 4.79 Å². The topological polar surface area (TPSA) is 117 Å². The molecule has 39 heavy (non-hydrogen) atoms. The van der Waals surface area contributed by atoms with Crippen molar-refractivity contribution < 1.29 is 29.3 Å². The molecule has 8 heteroatoms. The number of aromatic carboxylic acids is 1. The molecule has 4 aromatic carbocycles. The first-order chi connectivity index (χ1) is 18.9. The van der Waals surface area contributed by atoms with Crippen LogP contribution in [0.3, 0.4) is 0 Å². The maximum Gasteiger partial charge on any atom is 0.335 e. The zero-order valence-corrected chi connectivity index (χ0v) is 21.3. The molecule has 0 fully saturated rings. The molecule has 0 saturated heterocycles. The van der Waals surface area contributed by atoms with Gasteiger partial charge in [0.2, 0.25) is 0 Å². The Morgan fingerprint density at radius 1 is 0.846 bits per heavy atom. The van der Waals surface area contributed by atoms with E-state index in [2.05, 4.69) is 10.5 Å². The van der Waals surface area contributed by atoms with Crippen LogP contribution in [0.15, 0.2) is 108 Å². The summed E-state index contributed by atoms with van der Waals surface area (Å²) in [5, 5.41) is 24.6. The van der Waals surface area contributed by atoms with Crippen LogP contribution in [0.2, 0.25) is 0 Å². The number of carbonyl (C=O) groups is 2. The summed E-state index contributed by atoms with van der Waals surface area (Å²) in [4.78, 5) is 24.2. The van der Waals surface area contributed by atoms with Gasteiger partial charge in [-0.15, -0.1) is 0 Å². The van der Waals surface area contributed by atoms with Gasteiger partial charge >= 0.3 is 5.97 Å². The normalized spacial score (nSPS) is 11.2. The summed E-state index contributed by atoms with van der Waals surface area (Å²) in [6.07, 6.45) is 1.45. The molecule has 0 aliphatic carbocycles. The molecular formula is C31H28N2O6. The molecule has 0 aromatic heterocycles. The minimum atomic E-state index is -1.93. The highest BCUT2D eigenvalue weighted by molar-refractivity contribution is 5.91. The molecule has 0 atom stereocenters. The number of carbonyl (C=O) groups excluding carboxylic acids is 1. The fourth-order valence-electron chi connectivity index (χ4n) is 3.93. The van der Waals surface area contributed by atoms with Gasteiger partial charge in [0.1, 0.15) is 6.61 Å². The van der Waals surface area contributed by atoms with Gasteiger partial charge < -0.3 is 19.7 Å². The van der Waals surface area contributed by atoms with Crippen LogP contribution in [0, 0.1) is 0 Å². The van der Waals surface area contributed by atoms with Crippen LogP contribution in [-0.2, 0) is 17.0 Å². The molecule has 0 aliphatic heterocycles. The Hall–Kier alpha value is -4.95. The lowest BCUT2D eigenvalue weighted by atomic mass is 9.85. The fraction of sp³-hybridized carbons (Fsp3) is 0.129. The number of hydrazone groups is 1. The molecule has 0 spiro atoms. The van der Waals surface area contributed by atoms with E-state index in [0.29, 0.717) is 34.8 Å². The smallest absolute Gasteiger partial charge is 0.335 e. The number of amides is 1. The lowest BCUT2D eigenvalue weighted by Gasteiger charge is -2.27. The van der Waals surface area contributed by atoms with Crippen molar-refractivity contribution in [3.8, 4) is 11.5 Å². The van der Waals surface area contributed by atoms with Crippen LogP contribution in [0.25, 0.3) is 0 Å². The second kappa shape index (κ2) is 12.5. The van der Waals surface area contributed by atoms with Crippen LogP contribution in [0.1, 0.15) is 39.5 Å². The zero-order valence-electron chi connectivity index (χ0n) is 21.3. The number of aliphatic hydroxyl groups is 1. The molecule has 0 bridgehead atoms. The predicted molar refractivity (Wildman–Crippen MR) is 147 cm³/mol. The molecule has 4 aromatic rings. The molecule has 8 nitrogen and oxygen atoms in total. The van der Waals surface area contributed by atoms with Gasteiger partial charge in [0, 0.05) is 0 Å². The Morgan fingerprint density at radius 2 is 1.46 bits per heavy atom. The van der Waals surface area contributed by atoms with E-state index in [0.717, 1.165) is 5.56 Å². The molecule has 198 valence electrons. The van der Waals surface area contributed by atoms with Crippen molar-refractivity contribution in [2.75, 3.05) is 6.61 Å². The lowest BCUT2D eigenvalue weighted by molar-refractivity contribution is -0.136. The Bertz CT molecular complexity index is 1400. The Kier molecular flexibility index (Phi) is 8.71. The van der Waals surface area contributed by atoms with Gasteiger partial charge in [0.25, 0.3) is 5.91 Å². The summed E-state index contributed by atoms with van der Waals surface area (Å²) in [5.41, 5.74) is 3.01. The Balaban J connectivity index is 1.48. The van der Waals surface area contributed by atoms with Crippen molar-refractivity contribution in [3.63, 3.8) is 0 Å². The number of carboxylic acid groups (broad SMARTS) is 1. The number of hydrogen-bond donors (Lipinski definition) is 3. The summed E-state index contributed by atoms with van der Waals surface area (Å²) in [7, 11) is 0. The maximum atomic E-state index is 13.2. The van der Waals surface area contributed by atoms with Gasteiger partial charge in [-0.05, 0) is 59.5 Å². The zero-order chi connectivity index (χ0) is 27.7. The van der Waals surface area contributed by atoms with E-state index < -0.39 is 17.5 Å². The number of ether oxygens (including phenoxy) is 2. The van der Waals surface area contributed by atoms with Crippen LogP contribution >= 0.6 is 0 Å². The van der Waals surface area contributed by atoms with Gasteiger partial charge in [0.05, 0.1) is 18.4 Å². The Morgan fingerprint density at radius 3 is 2.03 bits per heavy atom. The van der Waals surface area contributed by atoms with E-state index in [1.807, 2.05) is 19.1 Å². The minimum Gasteiger partial charge on any atom is -0.490 e. The number of carboxylic acids is 1. The summed E-state index contributed by atoms with van der Waals surface area (Å²) in [6, 6.07) is 29.0. The summed E-state index contributed by atoms with van der Waals surface area (Å²) in [5.74, 6) is -0.697. The quantitative estimate of drug-likeness (QED) is 0.193. The summed E-state index contributed by atoms with van der Waals surface area (Å²) >= 11 is 0. The largest absolute Gasteiger partial charge is 0.490 e. The van der Waals surface area contributed by atoms with Crippen molar-refractivity contribution in [1.29, 1.82) is 0 Å². The standard InChI is InChI=1S/C31H28N2O6/c1-2-38-28-19-23(15-18-27(28)39-21-22-13-16-24(17-14-22)29(34)35)20-32-33-30(36)31(37,25-9-5-3-6-10-25)26-11-7-4-8-12-26/h3-20,37H,2,21H2,1H3,(H,33,36)(H,34,35)/b32-20-. The monoisotopic (exact) mass is 524 g/mol. The second-order valence-electron chi connectivity index (χ2n) is 8.57. The SMILES string of the molecule is CCOc1cc(/C=N\NC(=O)C(O)(c2ccccc2)c2ccccc2)ccc1OCc1ccc(C(=O)O)cc1. The van der Waals surface area contributed by atoms with E-state index in [1.54, 1.807) is 78.9 Å². The summed E-state index contributed by atoms with van der Waals surface area (Å²) < 4.78 is 11.6. The molecule has 1 amide bonds. The molecule has 4 rings (SSSR count). The second-order valence-corrected chi connectivity index (χ2v) is 8.57. The molecule has 0 aliphatic rings. The molecule has 0 saturated carbocycles. The molecule has 0 unspecified atom stereocenters. The molecule has 0 radical (unpaired) electrons. The molecule has 0 heterocycles. The summed E-state index contributed by atoms with van der Waals surface area (Å²) in [6.45, 7) is 2.48. The molecular weight excluding hydrogens is 496 g/mol. The first kappa shape index (κ1) is 27.1. The average Bonchev–Trinajstić information content (AvgIpc) is 2.97. The highest BCUT2D eigenvalue weighted by atomic mass is 16.5. The number of hydrogen-bond acceptors (Lipinski definition) is 6. The van der Waals surface area contributed by atoms with Crippen LogP contribution in [0.4, 0.5) is 0 Å². The lowest BCUT2D eigenvalue weighted by Crippen LogP contribution is -2.43. The van der Waals surface area contributed by atoms with Gasteiger partial charge in [-0.2, -0.15) is 5.10 Å². The van der Waals surface area contributed by atoms with Gasteiger partial charge in [-0.1, -0.05) is 72.8 Å². The number of rotatable bonds is 11. The first-order valence-corrected chi connectivity index (χ1v) is 12.3. The molecule has 3 N–H and O–H groups in total. The van der Waals surface area contributed by atoms with Crippen molar-refractivity contribution in [3.05, 3.63) is 131 Å². The van der Waals surface area contributed by atoms with E-state index >= 15 is 0 Å². The fourth-order valence-corrected chi connectivity index (χ4v) is 3.93. The minimum absolute atomic E-state index is 0.204. The maximum absolute atomic E-state index is 13.2. The highest BCUT2D eigenvalue weighted by Gasteiger charge is 2.39. The van der Waals surface area contributed by atoms with E-state index in [9.17, 15) is 14.7 Å². The van der Waals surface area contributed by atoms with E-state index in [4.69, 9.17) is 14.6 Å². The number of benzene rings is 4. The van der Waals surface area contributed by atoms with Crippen molar-refractivity contribution in [1.82, 2.24) is 5.43 Å². The third kappa shape index (κ3) is 6.49. The average molecular weight is 525 g/mol. The van der Waals surface area contributed by atoms with Crippen molar-refractivity contribution >= 4 is 18.1 Å². The Labute approximate surface area is 226 Å². The van der Waals surface area contributed by atoms with Crippen LogP contribution in [0.5, 0.6) is 11.5 Å². The highest BCUT2D eigenvalue weighted by Crippen LogP contribution is 2.31. The third-order valence-electron chi connectivity index (χ3n) is 5.95. The van der Waals surface area contributed by atoms with E-state index in [-0.39, 0.29) is 12.2 Å². The number of nitrogens with zero attached hydrogens (tertiary/aromatic N) is 1. The van der Waals surface area contributed by atoms with Crippen molar-refractivity contribution in [2.45, 2.75) is 19.1 Å². The third-order valence-corrected chi connectivity index (χ3v) is 5.95. The van der Waals surface area contributed by atoms with Crippen molar-refractivity contribution in [2.24, 2.45) is 5.10 Å². The van der Waals surface area contributed by atoms with Crippen LogP contribution in [-0.4, -0.2) is 34.9 Å². The predicted octanol–water partition coefficient (Wildman–Crippen LogP) is 4.75. The number of nitrogens with one attached hydrogen (secondary N) is 1. The van der Waals surface area contributed by atoms with Gasteiger partial charge in [0.15, 0.2) is 17.1 Å². The van der Waals surface area contributed by atoms with Crippen LogP contribution < -0.4 is 14.9 Å². The van der Waals surface area contributed by atoms with E-state index in [1.165, 1.54) is 18.3 Å².